The van der Waals surface area contributed by atoms with Gasteiger partial charge in [-0.15, -0.1) is 0 Å². The van der Waals surface area contributed by atoms with Crippen LogP contribution >= 0.6 is 0 Å². The lowest BCUT2D eigenvalue weighted by Gasteiger charge is -2.50. The highest BCUT2D eigenvalue weighted by molar-refractivity contribution is 5.98. The Morgan fingerprint density at radius 2 is 0.614 bits per heavy atom. The summed E-state index contributed by atoms with van der Waals surface area (Å²) < 4.78 is 88.5. The third kappa shape index (κ3) is 28.3. The number of ether oxygens (including phenoxy) is 16. The lowest BCUT2D eigenvalue weighted by atomic mass is 9.85. The smallest absolute Gasteiger partial charge is 0.303 e. The number of aliphatic hydroxyl groups is 2. The predicted octanol–water partition coefficient (Wildman–Crippen LogP) is -0.917. The van der Waals surface area contributed by atoms with Gasteiger partial charge in [0.2, 0.25) is 12.2 Å². The highest BCUT2D eigenvalue weighted by Crippen LogP contribution is 2.38. The molecule has 0 saturated carbocycles. The third-order valence-electron chi connectivity index (χ3n) is 16.3. The Morgan fingerprint density at radius 1 is 0.342 bits per heavy atom. The minimum absolute atomic E-state index is 0.282. The highest BCUT2D eigenvalue weighted by Gasteiger charge is 2.61. The summed E-state index contributed by atoms with van der Waals surface area (Å²) in [5.41, 5.74) is -0.0912. The van der Waals surface area contributed by atoms with E-state index < -0.39 is 255 Å². The zero-order valence-electron chi connectivity index (χ0n) is 64.3. The van der Waals surface area contributed by atoms with Crippen LogP contribution in [0.25, 0.3) is 0 Å². The molecule has 3 aromatic carbocycles. The molecule has 2 aliphatic heterocycles. The van der Waals surface area contributed by atoms with Gasteiger partial charge in [0.15, 0.2) is 72.6 Å². The van der Waals surface area contributed by atoms with Gasteiger partial charge in [0, 0.05) is 134 Å². The van der Waals surface area contributed by atoms with E-state index in [2.05, 4.69) is 21.3 Å². The average molecular weight is 1610 g/mol. The first-order valence-electron chi connectivity index (χ1n) is 34.9. The van der Waals surface area contributed by atoms with Crippen LogP contribution in [-0.2, 0) is 165 Å². The fourth-order valence-corrected chi connectivity index (χ4v) is 12.2. The molecule has 2 fully saturated rings. The molecule has 40 nitrogen and oxygen atoms in total. The maximum atomic E-state index is 14.8. The Morgan fingerprint density at radius 3 is 0.877 bits per heavy atom. The van der Waals surface area contributed by atoms with E-state index in [0.717, 1.165) is 121 Å². The first-order valence-corrected chi connectivity index (χ1v) is 34.9. The Balaban J connectivity index is 1.57. The van der Waals surface area contributed by atoms with Crippen molar-refractivity contribution in [2.24, 2.45) is 0 Å². The fraction of sp³-hybridized carbons (Fsp3) is 0.514. The molecule has 114 heavy (non-hydrogen) atoms. The molecular formula is C74H90N4O36. The van der Waals surface area contributed by atoms with Crippen LogP contribution in [0.3, 0.4) is 0 Å². The summed E-state index contributed by atoms with van der Waals surface area (Å²) in [5.74, 6) is -26.2. The van der Waals surface area contributed by atoms with Crippen molar-refractivity contribution < 1.29 is 172 Å². The van der Waals surface area contributed by atoms with Gasteiger partial charge < -0.3 is 107 Å². The Bertz CT molecular complexity index is 3750. The Kier molecular flexibility index (Phi) is 34.6. The molecule has 2 aliphatic rings. The number of hydrogen-bond donors (Lipinski definition) is 6. The number of benzene rings is 3. The van der Waals surface area contributed by atoms with Gasteiger partial charge in [-0.25, -0.2) is 0 Å². The van der Waals surface area contributed by atoms with Gasteiger partial charge in [-0.1, -0.05) is 60.7 Å². The summed E-state index contributed by atoms with van der Waals surface area (Å²) in [7, 11) is 0. The van der Waals surface area contributed by atoms with E-state index >= 15 is 0 Å². The molecule has 622 valence electrons. The Labute approximate surface area is 650 Å². The van der Waals surface area contributed by atoms with Crippen LogP contribution in [0.5, 0.6) is 0 Å². The molecular weight excluding hydrogens is 1520 g/mol. The average Bonchev–Trinajstić information content (AvgIpc) is 0.757. The van der Waals surface area contributed by atoms with Crippen LogP contribution in [0.1, 0.15) is 129 Å². The molecule has 5 rings (SSSR count). The lowest BCUT2D eigenvalue weighted by molar-refractivity contribution is -0.314. The number of carbonyl (C=O) groups excluding carboxylic acids is 18. The Hall–Kier alpha value is -12.0. The first-order chi connectivity index (χ1) is 53.4. The molecule has 6 N–H and O–H groups in total. The van der Waals surface area contributed by atoms with Crippen molar-refractivity contribution in [2.75, 3.05) is 26.3 Å². The minimum atomic E-state index is -2.80. The molecule has 3 aromatic rings. The quantitative estimate of drug-likeness (QED) is 0.0303. The lowest BCUT2D eigenvalue weighted by Crippen LogP contribution is -2.73. The van der Waals surface area contributed by atoms with Crippen LogP contribution < -0.4 is 21.3 Å². The topological polar surface area (TPSA) is 544 Å². The number of rotatable bonds is 36. The summed E-state index contributed by atoms with van der Waals surface area (Å²) >= 11 is 0. The van der Waals surface area contributed by atoms with Crippen LogP contribution in [-0.4, -0.2) is 253 Å². The molecule has 40 heteroatoms. The van der Waals surface area contributed by atoms with Gasteiger partial charge in [0.25, 0.3) is 23.6 Å². The molecule has 0 radical (unpaired) electrons. The molecule has 0 unspecified atom stereocenters. The minimum Gasteiger partial charge on any atom is -0.462 e. The van der Waals surface area contributed by atoms with E-state index in [0.29, 0.717) is 0 Å². The number of carbonyl (C=O) groups is 18. The second-order valence-electron chi connectivity index (χ2n) is 25.9. The van der Waals surface area contributed by atoms with E-state index in [9.17, 15) is 96.5 Å². The van der Waals surface area contributed by atoms with Gasteiger partial charge in [-0.05, 0) is 35.4 Å². The van der Waals surface area contributed by atoms with E-state index in [1.165, 1.54) is 24.3 Å². The van der Waals surface area contributed by atoms with Gasteiger partial charge in [-0.3, -0.25) is 86.3 Å². The van der Waals surface area contributed by atoms with Gasteiger partial charge in [0.1, 0.15) is 37.5 Å². The molecule has 0 bridgehead atoms. The van der Waals surface area contributed by atoms with Crippen LogP contribution in [0.2, 0.25) is 0 Å². The summed E-state index contributed by atoms with van der Waals surface area (Å²) in [4.78, 5) is 237. The number of hydrogen-bond acceptors (Lipinski definition) is 36. The first kappa shape index (κ1) is 92.6. The van der Waals surface area contributed by atoms with Crippen molar-refractivity contribution in [1.82, 2.24) is 21.3 Å². The van der Waals surface area contributed by atoms with E-state index in [-0.39, 0.29) is 22.3 Å². The van der Waals surface area contributed by atoms with E-state index in [1.807, 2.05) is 0 Å². The standard InChI is InChI=1S/C74H90N4O36/c1-35(79)99-33-55(101-37(3)81)59(105-41(7)85)61(107-43(9)87)65(111-47(13)91)71(95)75-31-53-57(103-39(5)83)63(109-45(11)89)67(73(97,113-53)29-49-21-17-15-18-22-49)77-69(93)51-25-27-52(28-26-51)70(94)78-68-64(110-46(12)90)58(104-40(6)84)54(114-74(68,98)30-50-23-19-16-20-24-50)32-76-72(96)66(112-48(14)92)62(108-44(10)88)60(106-42(8)86)56(102-38(4)82)34-100-36(2)80/h15-28,53-68,97-98H,29-34H2,1-14H3,(H,75,95)(H,76,96)(H,77,93)(H,78,94)/t53-,54-,55-,56-,57-,58-,59-,60-,61+,62+,63+,64+,65-,66-,67-,68-,73+,74+/m1/s1. The van der Waals surface area contributed by atoms with Crippen molar-refractivity contribution in [3.8, 4) is 0 Å². The molecule has 0 aliphatic carbocycles. The van der Waals surface area contributed by atoms with Crippen LogP contribution in [0, 0.1) is 0 Å². The second-order valence-corrected chi connectivity index (χ2v) is 25.9. The molecule has 0 aromatic heterocycles. The van der Waals surface area contributed by atoms with Crippen LogP contribution in [0.4, 0.5) is 0 Å². The molecule has 2 saturated heterocycles. The SMILES string of the molecule is CC(=O)OC[C@@H](OC(C)=O)[C@@H](OC(C)=O)[C@H](OC(C)=O)[C@@H](OC(C)=O)C(=O)NC[C@H]1O[C@@](O)(Cc2ccccc2)[C@H](NC(=O)c2ccc(C(=O)N[C@@H]3[C@@H](OC(C)=O)[C@H](OC(C)=O)[C@@H](CNC(=O)[C@H](OC(C)=O)[C@@H](OC(C)=O)[C@H](OC(C)=O)[C@@H](COC(C)=O)OC(C)=O)O[C@@]3(O)Cc3ccccc3)cc2)[C@@H](OC(C)=O)[C@@H]1OC(C)=O. The van der Waals surface area contributed by atoms with Crippen LogP contribution in [0.15, 0.2) is 84.9 Å². The normalized spacial score (nSPS) is 22.2. The van der Waals surface area contributed by atoms with Gasteiger partial charge >= 0.3 is 83.6 Å². The number of nitrogens with one attached hydrogen (secondary N) is 4. The molecule has 0 spiro atoms. The largest absolute Gasteiger partial charge is 0.462 e. The van der Waals surface area contributed by atoms with Gasteiger partial charge in [0.05, 0.1) is 0 Å². The zero-order chi connectivity index (χ0) is 85.2. The summed E-state index contributed by atoms with van der Waals surface area (Å²) in [6.45, 7) is 8.83. The summed E-state index contributed by atoms with van der Waals surface area (Å²) in [6, 6.07) is 15.8. The van der Waals surface area contributed by atoms with Gasteiger partial charge in [-0.2, -0.15) is 0 Å². The van der Waals surface area contributed by atoms with Crippen molar-refractivity contribution >= 4 is 107 Å². The summed E-state index contributed by atoms with van der Waals surface area (Å²) in [6.07, 6.45) is -30.0. The molecule has 2 heterocycles. The van der Waals surface area contributed by atoms with Crippen molar-refractivity contribution in [3.05, 3.63) is 107 Å². The summed E-state index contributed by atoms with van der Waals surface area (Å²) in [5, 5.41) is 35.9. The predicted molar refractivity (Wildman–Crippen MR) is 375 cm³/mol. The van der Waals surface area contributed by atoms with Crippen molar-refractivity contribution in [1.29, 1.82) is 0 Å². The van der Waals surface area contributed by atoms with Crippen molar-refractivity contribution in [3.63, 3.8) is 0 Å². The van der Waals surface area contributed by atoms with E-state index in [4.69, 9.17) is 75.8 Å². The zero-order valence-corrected chi connectivity index (χ0v) is 64.3. The fourth-order valence-electron chi connectivity index (χ4n) is 12.2. The monoisotopic (exact) mass is 1610 g/mol. The molecule has 4 amide bonds. The second kappa shape index (κ2) is 42.6. The third-order valence-corrected chi connectivity index (χ3v) is 16.3. The van der Waals surface area contributed by atoms with E-state index in [1.54, 1.807) is 36.4 Å². The molecule has 18 atom stereocenters. The number of amides is 4. The van der Waals surface area contributed by atoms with Crippen molar-refractivity contribution in [2.45, 2.75) is 219 Å². The number of esters is 14. The maximum Gasteiger partial charge on any atom is 0.303 e. The maximum absolute atomic E-state index is 14.8. The highest BCUT2D eigenvalue weighted by atomic mass is 16.7.